The van der Waals surface area contributed by atoms with Crippen LogP contribution in [-0.2, 0) is 11.8 Å². The minimum Gasteiger partial charge on any atom is -0.368 e. The van der Waals surface area contributed by atoms with Gasteiger partial charge in [0.05, 0.1) is 17.1 Å². The number of aryl methyl sites for hydroxylation is 2. The van der Waals surface area contributed by atoms with Gasteiger partial charge in [0.25, 0.3) is 5.91 Å². The second kappa shape index (κ2) is 8.04. The highest BCUT2D eigenvalue weighted by Gasteiger charge is 2.22. The Hall–Kier alpha value is -2.58. The normalized spacial score (nSPS) is 14.4. The molecule has 0 spiro atoms. The van der Waals surface area contributed by atoms with Gasteiger partial charge in [-0.2, -0.15) is 5.10 Å². The number of halogens is 1. The van der Waals surface area contributed by atoms with Crippen molar-refractivity contribution in [2.75, 3.05) is 37.6 Å². The first-order valence-electron chi connectivity index (χ1n) is 9.42. The van der Waals surface area contributed by atoms with Gasteiger partial charge < -0.3 is 15.1 Å². The molecule has 1 aliphatic rings. The predicted octanol–water partition coefficient (Wildman–Crippen LogP) is 2.68. The third-order valence-electron chi connectivity index (χ3n) is 5.14. The molecule has 2 aromatic heterocycles. The first kappa shape index (κ1) is 19.7. The number of carbonyl (C=O) groups is 2. The largest absolute Gasteiger partial charge is 0.368 e. The Labute approximate surface area is 177 Å². The van der Waals surface area contributed by atoms with Crippen molar-refractivity contribution >= 4 is 50.7 Å². The Morgan fingerprint density at radius 3 is 2.52 bits per heavy atom. The fourth-order valence-corrected chi connectivity index (χ4v) is 4.70. The summed E-state index contributed by atoms with van der Waals surface area (Å²) in [5, 5.41) is 8.79. The Balaban J connectivity index is 1.30. The van der Waals surface area contributed by atoms with E-state index in [1.807, 2.05) is 44.3 Å². The number of hydrogen-bond acceptors (Lipinski definition) is 5. The summed E-state index contributed by atoms with van der Waals surface area (Å²) in [7, 11) is 1.86. The highest BCUT2D eigenvalue weighted by Crippen LogP contribution is 2.27. The summed E-state index contributed by atoms with van der Waals surface area (Å²) < 4.78 is 1.78. The van der Waals surface area contributed by atoms with Gasteiger partial charge in [0, 0.05) is 49.3 Å². The van der Waals surface area contributed by atoms with Crippen LogP contribution >= 0.6 is 22.9 Å². The van der Waals surface area contributed by atoms with Crippen LogP contribution in [-0.4, -0.2) is 59.2 Å². The molecular weight excluding hydrogens is 410 g/mol. The van der Waals surface area contributed by atoms with Crippen LogP contribution in [0.5, 0.6) is 0 Å². The van der Waals surface area contributed by atoms with E-state index in [9.17, 15) is 9.59 Å². The van der Waals surface area contributed by atoms with Crippen molar-refractivity contribution in [1.82, 2.24) is 20.0 Å². The van der Waals surface area contributed by atoms with Crippen LogP contribution in [0.25, 0.3) is 10.2 Å². The zero-order valence-electron chi connectivity index (χ0n) is 16.3. The molecule has 9 heteroatoms. The molecule has 0 aliphatic carbocycles. The smallest absolute Gasteiger partial charge is 0.261 e. The van der Waals surface area contributed by atoms with Gasteiger partial charge in [-0.3, -0.25) is 14.3 Å². The Morgan fingerprint density at radius 2 is 1.86 bits per heavy atom. The number of rotatable bonds is 4. The number of nitrogens with zero attached hydrogens (tertiary/aromatic N) is 4. The van der Waals surface area contributed by atoms with Gasteiger partial charge in [-0.25, -0.2) is 0 Å². The van der Waals surface area contributed by atoms with E-state index in [1.54, 1.807) is 9.58 Å². The first-order chi connectivity index (χ1) is 13.9. The number of fused-ring (bicyclic) bond motifs is 1. The molecule has 3 aromatic rings. The Morgan fingerprint density at radius 1 is 1.17 bits per heavy atom. The van der Waals surface area contributed by atoms with E-state index in [4.69, 9.17) is 11.6 Å². The maximum Gasteiger partial charge on any atom is 0.261 e. The molecule has 2 amide bonds. The molecule has 1 fully saturated rings. The van der Waals surface area contributed by atoms with Crippen LogP contribution in [0, 0.1) is 6.92 Å². The Kier molecular flexibility index (Phi) is 5.47. The summed E-state index contributed by atoms with van der Waals surface area (Å²) in [6, 6.07) is 9.56. The van der Waals surface area contributed by atoms with E-state index in [0.29, 0.717) is 23.0 Å². The number of anilines is 1. The monoisotopic (exact) mass is 431 g/mol. The molecule has 4 rings (SSSR count). The summed E-state index contributed by atoms with van der Waals surface area (Å²) >= 11 is 7.33. The molecule has 7 nitrogen and oxygen atoms in total. The molecule has 29 heavy (non-hydrogen) atoms. The van der Waals surface area contributed by atoms with E-state index < -0.39 is 0 Å². The van der Waals surface area contributed by atoms with Gasteiger partial charge in [-0.05, 0) is 37.3 Å². The third kappa shape index (κ3) is 4.09. The van der Waals surface area contributed by atoms with Crippen LogP contribution in [0.3, 0.4) is 0 Å². The average Bonchev–Trinajstić information content (AvgIpc) is 3.28. The number of thiophene rings is 1. The zero-order chi connectivity index (χ0) is 20.5. The van der Waals surface area contributed by atoms with E-state index in [2.05, 4.69) is 15.3 Å². The molecule has 0 radical (unpaired) electrons. The summed E-state index contributed by atoms with van der Waals surface area (Å²) in [6.07, 6.45) is 0. The topological polar surface area (TPSA) is 70.5 Å². The summed E-state index contributed by atoms with van der Waals surface area (Å²) in [6.45, 7) is 4.69. The van der Waals surface area contributed by atoms with Gasteiger partial charge in [0.15, 0.2) is 0 Å². The molecule has 0 bridgehead atoms. The van der Waals surface area contributed by atoms with Crippen LogP contribution in [0.15, 0.2) is 30.3 Å². The van der Waals surface area contributed by atoms with Gasteiger partial charge in [-0.15, -0.1) is 11.3 Å². The lowest BCUT2D eigenvalue weighted by Gasteiger charge is -2.36. The van der Waals surface area contributed by atoms with E-state index >= 15 is 0 Å². The summed E-state index contributed by atoms with van der Waals surface area (Å²) in [5.41, 5.74) is 2.00. The molecule has 152 valence electrons. The Bertz CT molecular complexity index is 1020. The van der Waals surface area contributed by atoms with E-state index in [-0.39, 0.29) is 18.4 Å². The quantitative estimate of drug-likeness (QED) is 0.689. The van der Waals surface area contributed by atoms with Crippen molar-refractivity contribution in [3.63, 3.8) is 0 Å². The van der Waals surface area contributed by atoms with Gasteiger partial charge in [0.1, 0.15) is 4.83 Å². The second-order valence-electron chi connectivity index (χ2n) is 7.07. The second-order valence-corrected chi connectivity index (χ2v) is 8.53. The predicted molar refractivity (Wildman–Crippen MR) is 116 cm³/mol. The SMILES string of the molecule is Cc1nn(C)c2sc(C(=O)NCC(=O)N3CCN(c4ccc(Cl)cc4)CC3)cc12. The maximum atomic E-state index is 12.5. The number of aromatic nitrogens is 2. The molecule has 1 aromatic carbocycles. The standard InChI is InChI=1S/C20H22ClN5O2S/c1-13-16-11-17(29-20(16)24(2)23-13)19(28)22-12-18(27)26-9-7-25(8-10-26)15-5-3-14(21)4-6-15/h3-6,11H,7-10,12H2,1-2H3,(H,22,28). The number of piperazine rings is 1. The van der Waals surface area contributed by atoms with Gasteiger partial charge in [-0.1, -0.05) is 11.6 Å². The van der Waals surface area contributed by atoms with Crippen LogP contribution in [0.1, 0.15) is 15.4 Å². The van der Waals surface area contributed by atoms with Crippen molar-refractivity contribution in [3.05, 3.63) is 45.9 Å². The van der Waals surface area contributed by atoms with Crippen LogP contribution < -0.4 is 10.2 Å². The molecule has 1 saturated heterocycles. The maximum absolute atomic E-state index is 12.5. The van der Waals surface area contributed by atoms with Crippen LogP contribution in [0.4, 0.5) is 5.69 Å². The molecular formula is C20H22ClN5O2S. The van der Waals surface area contributed by atoms with Crippen molar-refractivity contribution in [2.45, 2.75) is 6.92 Å². The molecule has 0 unspecified atom stereocenters. The van der Waals surface area contributed by atoms with Gasteiger partial charge in [0.2, 0.25) is 5.91 Å². The zero-order valence-corrected chi connectivity index (χ0v) is 17.9. The highest BCUT2D eigenvalue weighted by molar-refractivity contribution is 7.20. The number of benzene rings is 1. The van der Waals surface area contributed by atoms with Crippen LogP contribution in [0.2, 0.25) is 5.02 Å². The summed E-state index contributed by atoms with van der Waals surface area (Å²) in [4.78, 5) is 30.6. The fraction of sp³-hybridized carbons (Fsp3) is 0.350. The molecule has 0 atom stereocenters. The van der Waals surface area contributed by atoms with Crippen molar-refractivity contribution < 1.29 is 9.59 Å². The lowest BCUT2D eigenvalue weighted by atomic mass is 10.2. The lowest BCUT2D eigenvalue weighted by molar-refractivity contribution is -0.130. The number of amides is 2. The van der Waals surface area contributed by atoms with E-state index in [0.717, 1.165) is 34.7 Å². The van der Waals surface area contributed by atoms with Crippen molar-refractivity contribution in [3.8, 4) is 0 Å². The number of carbonyl (C=O) groups excluding carboxylic acids is 2. The molecule has 0 saturated carbocycles. The molecule has 1 N–H and O–H groups in total. The lowest BCUT2D eigenvalue weighted by Crippen LogP contribution is -2.51. The molecule has 3 heterocycles. The van der Waals surface area contributed by atoms with Crippen molar-refractivity contribution in [2.24, 2.45) is 7.05 Å². The molecule has 1 aliphatic heterocycles. The summed E-state index contributed by atoms with van der Waals surface area (Å²) in [5.74, 6) is -0.285. The first-order valence-corrected chi connectivity index (χ1v) is 10.6. The van der Waals surface area contributed by atoms with E-state index in [1.165, 1.54) is 11.3 Å². The van der Waals surface area contributed by atoms with Gasteiger partial charge >= 0.3 is 0 Å². The number of nitrogens with one attached hydrogen (secondary N) is 1. The minimum atomic E-state index is -0.223. The third-order valence-corrected chi connectivity index (χ3v) is 6.60. The van der Waals surface area contributed by atoms with Crippen molar-refractivity contribution in [1.29, 1.82) is 0 Å². The minimum absolute atomic E-state index is 0.00521. The number of hydrogen-bond donors (Lipinski definition) is 1. The fourth-order valence-electron chi connectivity index (χ4n) is 3.54. The average molecular weight is 432 g/mol. The highest BCUT2D eigenvalue weighted by atomic mass is 35.5.